The third-order valence-corrected chi connectivity index (χ3v) is 2.62. The summed E-state index contributed by atoms with van der Waals surface area (Å²) in [7, 11) is 0. The fraction of sp³-hybridized carbons (Fsp3) is 0.538. The first kappa shape index (κ1) is 13.5. The Morgan fingerprint density at radius 2 is 2.12 bits per heavy atom. The standard InChI is InChI=1S/C13H20N2O2/c1-10(2)5-4-8-14-12-9-11(3)6-7-13(12)15(16)17/h6-7,9-10,14H,4-5,8H2,1-3H3. The van der Waals surface area contributed by atoms with Gasteiger partial charge in [0.15, 0.2) is 0 Å². The predicted molar refractivity (Wildman–Crippen MR) is 70.4 cm³/mol. The molecule has 4 heteroatoms. The Hall–Kier alpha value is -1.58. The van der Waals surface area contributed by atoms with Gasteiger partial charge in [-0.15, -0.1) is 0 Å². The minimum Gasteiger partial charge on any atom is -0.379 e. The number of hydrogen-bond donors (Lipinski definition) is 1. The van der Waals surface area contributed by atoms with Crippen molar-refractivity contribution < 1.29 is 4.92 Å². The summed E-state index contributed by atoms with van der Waals surface area (Å²) in [5.74, 6) is 0.671. The summed E-state index contributed by atoms with van der Waals surface area (Å²) in [5, 5.41) is 14.0. The molecule has 1 rings (SSSR count). The molecule has 0 saturated heterocycles. The molecular weight excluding hydrogens is 216 g/mol. The summed E-state index contributed by atoms with van der Waals surface area (Å²) < 4.78 is 0. The monoisotopic (exact) mass is 236 g/mol. The third-order valence-electron chi connectivity index (χ3n) is 2.62. The fourth-order valence-electron chi connectivity index (χ4n) is 1.68. The van der Waals surface area contributed by atoms with Gasteiger partial charge in [-0.2, -0.15) is 0 Å². The second-order valence-corrected chi connectivity index (χ2v) is 4.74. The smallest absolute Gasteiger partial charge is 0.292 e. The molecule has 0 radical (unpaired) electrons. The molecule has 0 unspecified atom stereocenters. The van der Waals surface area contributed by atoms with Crippen LogP contribution in [0.2, 0.25) is 0 Å². The molecule has 0 heterocycles. The molecule has 1 aromatic rings. The Kier molecular flexibility index (Phi) is 4.94. The van der Waals surface area contributed by atoms with Crippen LogP contribution in [0.4, 0.5) is 11.4 Å². The number of nitro benzene ring substituents is 1. The quantitative estimate of drug-likeness (QED) is 0.465. The van der Waals surface area contributed by atoms with E-state index in [1.807, 2.05) is 13.0 Å². The van der Waals surface area contributed by atoms with E-state index in [4.69, 9.17) is 0 Å². The highest BCUT2D eigenvalue weighted by Crippen LogP contribution is 2.25. The van der Waals surface area contributed by atoms with Crippen LogP contribution < -0.4 is 5.32 Å². The molecule has 0 aliphatic carbocycles. The highest BCUT2D eigenvalue weighted by molar-refractivity contribution is 5.62. The zero-order valence-electron chi connectivity index (χ0n) is 10.7. The van der Waals surface area contributed by atoms with E-state index in [0.717, 1.165) is 24.9 Å². The van der Waals surface area contributed by atoms with Gasteiger partial charge in [-0.25, -0.2) is 0 Å². The summed E-state index contributed by atoms with van der Waals surface area (Å²) in [4.78, 5) is 10.5. The van der Waals surface area contributed by atoms with Gasteiger partial charge in [-0.1, -0.05) is 19.9 Å². The van der Waals surface area contributed by atoms with Gasteiger partial charge < -0.3 is 5.32 Å². The van der Waals surface area contributed by atoms with Gasteiger partial charge >= 0.3 is 0 Å². The second-order valence-electron chi connectivity index (χ2n) is 4.74. The van der Waals surface area contributed by atoms with Gasteiger partial charge in [0.25, 0.3) is 5.69 Å². The van der Waals surface area contributed by atoms with Crippen LogP contribution in [0.15, 0.2) is 18.2 Å². The maximum absolute atomic E-state index is 10.8. The van der Waals surface area contributed by atoms with E-state index in [9.17, 15) is 10.1 Å². The van der Waals surface area contributed by atoms with Crippen molar-refractivity contribution in [3.63, 3.8) is 0 Å². The van der Waals surface area contributed by atoms with Crippen molar-refractivity contribution in [3.8, 4) is 0 Å². The highest BCUT2D eigenvalue weighted by atomic mass is 16.6. The number of nitro groups is 1. The summed E-state index contributed by atoms with van der Waals surface area (Å²) in [6, 6.07) is 5.14. The van der Waals surface area contributed by atoms with E-state index >= 15 is 0 Å². The number of anilines is 1. The largest absolute Gasteiger partial charge is 0.379 e. The number of benzene rings is 1. The molecule has 1 N–H and O–H groups in total. The predicted octanol–water partition coefficient (Wildman–Crippen LogP) is 3.75. The SMILES string of the molecule is Cc1ccc([N+](=O)[O-])c(NCCCC(C)C)c1. The number of nitrogens with one attached hydrogen (secondary N) is 1. The van der Waals surface area contributed by atoms with E-state index in [1.165, 1.54) is 0 Å². The number of hydrogen-bond acceptors (Lipinski definition) is 3. The molecule has 0 amide bonds. The lowest BCUT2D eigenvalue weighted by Gasteiger charge is -2.09. The molecule has 0 aromatic heterocycles. The molecule has 0 spiro atoms. The molecule has 4 nitrogen and oxygen atoms in total. The fourth-order valence-corrected chi connectivity index (χ4v) is 1.68. The molecule has 0 saturated carbocycles. The van der Waals surface area contributed by atoms with Crippen LogP contribution in [-0.4, -0.2) is 11.5 Å². The van der Waals surface area contributed by atoms with Crippen LogP contribution in [0, 0.1) is 23.0 Å². The average Bonchev–Trinajstić information content (AvgIpc) is 2.23. The van der Waals surface area contributed by atoms with Gasteiger partial charge in [0.05, 0.1) is 4.92 Å². The normalized spacial score (nSPS) is 10.6. The third kappa shape index (κ3) is 4.43. The lowest BCUT2D eigenvalue weighted by atomic mass is 10.1. The molecule has 0 bridgehead atoms. The van der Waals surface area contributed by atoms with Crippen LogP contribution in [0.3, 0.4) is 0 Å². The van der Waals surface area contributed by atoms with Crippen LogP contribution in [0.1, 0.15) is 32.3 Å². The van der Waals surface area contributed by atoms with Gasteiger partial charge in [0.2, 0.25) is 0 Å². The summed E-state index contributed by atoms with van der Waals surface area (Å²) in [6.45, 7) is 7.07. The molecule has 0 fully saturated rings. The minimum atomic E-state index is -0.343. The molecule has 17 heavy (non-hydrogen) atoms. The van der Waals surface area contributed by atoms with Crippen molar-refractivity contribution in [1.82, 2.24) is 0 Å². The van der Waals surface area contributed by atoms with Crippen molar-refractivity contribution >= 4 is 11.4 Å². The lowest BCUT2D eigenvalue weighted by molar-refractivity contribution is -0.384. The van der Waals surface area contributed by atoms with Gasteiger partial charge in [0, 0.05) is 12.6 Å². The molecule has 0 atom stereocenters. The van der Waals surface area contributed by atoms with E-state index < -0.39 is 0 Å². The molecular formula is C13H20N2O2. The summed E-state index contributed by atoms with van der Waals surface area (Å²) in [6.07, 6.45) is 2.16. The second kappa shape index (κ2) is 6.23. The molecule has 1 aromatic carbocycles. The molecule has 0 aliphatic heterocycles. The van der Waals surface area contributed by atoms with E-state index in [2.05, 4.69) is 19.2 Å². The zero-order chi connectivity index (χ0) is 12.8. The van der Waals surface area contributed by atoms with Crippen LogP contribution in [-0.2, 0) is 0 Å². The van der Waals surface area contributed by atoms with Gasteiger partial charge in [-0.3, -0.25) is 10.1 Å². The first-order chi connectivity index (χ1) is 8.00. The van der Waals surface area contributed by atoms with Crippen molar-refractivity contribution in [2.75, 3.05) is 11.9 Å². The minimum absolute atomic E-state index is 0.153. The van der Waals surface area contributed by atoms with Crippen LogP contribution in [0.5, 0.6) is 0 Å². The van der Waals surface area contributed by atoms with E-state index in [-0.39, 0.29) is 10.6 Å². The Morgan fingerprint density at radius 3 is 2.71 bits per heavy atom. The first-order valence-electron chi connectivity index (χ1n) is 5.99. The molecule has 0 aliphatic rings. The molecule has 94 valence electrons. The van der Waals surface area contributed by atoms with Crippen molar-refractivity contribution in [2.24, 2.45) is 5.92 Å². The first-order valence-corrected chi connectivity index (χ1v) is 5.99. The van der Waals surface area contributed by atoms with Crippen LogP contribution >= 0.6 is 0 Å². The Balaban J connectivity index is 2.62. The summed E-state index contributed by atoms with van der Waals surface area (Å²) in [5.41, 5.74) is 1.81. The van der Waals surface area contributed by atoms with Crippen molar-refractivity contribution in [2.45, 2.75) is 33.6 Å². The van der Waals surface area contributed by atoms with Crippen LogP contribution in [0.25, 0.3) is 0 Å². The zero-order valence-corrected chi connectivity index (χ0v) is 10.7. The highest BCUT2D eigenvalue weighted by Gasteiger charge is 2.12. The lowest BCUT2D eigenvalue weighted by Crippen LogP contribution is -2.05. The van der Waals surface area contributed by atoms with Crippen molar-refractivity contribution in [3.05, 3.63) is 33.9 Å². The average molecular weight is 236 g/mol. The summed E-state index contributed by atoms with van der Waals surface area (Å²) >= 11 is 0. The van der Waals surface area contributed by atoms with Gasteiger partial charge in [0.1, 0.15) is 5.69 Å². The maximum atomic E-state index is 10.8. The Labute approximate surface area is 102 Å². The van der Waals surface area contributed by atoms with E-state index in [0.29, 0.717) is 11.6 Å². The number of nitrogens with zero attached hydrogens (tertiary/aromatic N) is 1. The number of aryl methyl sites for hydroxylation is 1. The Morgan fingerprint density at radius 1 is 1.41 bits per heavy atom. The maximum Gasteiger partial charge on any atom is 0.292 e. The van der Waals surface area contributed by atoms with Gasteiger partial charge in [-0.05, 0) is 37.3 Å². The topological polar surface area (TPSA) is 55.2 Å². The van der Waals surface area contributed by atoms with E-state index in [1.54, 1.807) is 12.1 Å². The Bertz CT molecular complexity index is 389. The van der Waals surface area contributed by atoms with Crippen molar-refractivity contribution in [1.29, 1.82) is 0 Å². The number of rotatable bonds is 6.